The maximum Gasteiger partial charge on any atom is 0.0587 e. The summed E-state index contributed by atoms with van der Waals surface area (Å²) in [5.41, 5.74) is 2.83. The van der Waals surface area contributed by atoms with Crippen molar-refractivity contribution in [3.05, 3.63) is 35.4 Å². The van der Waals surface area contributed by atoms with E-state index in [-0.39, 0.29) is 0 Å². The first-order valence-corrected chi connectivity index (χ1v) is 7.54. The number of unbranched alkanes of at least 4 members (excludes halogenated alkanes) is 2. The second kappa shape index (κ2) is 9.99. The van der Waals surface area contributed by atoms with E-state index in [1.54, 1.807) is 7.11 Å². The molecule has 1 rings (SSSR count). The van der Waals surface area contributed by atoms with Gasteiger partial charge in [0.15, 0.2) is 0 Å². The van der Waals surface area contributed by atoms with Gasteiger partial charge >= 0.3 is 0 Å². The molecule has 108 valence electrons. The van der Waals surface area contributed by atoms with Gasteiger partial charge in [0.25, 0.3) is 0 Å². The monoisotopic (exact) mass is 263 g/mol. The molecule has 1 atom stereocenters. The summed E-state index contributed by atoms with van der Waals surface area (Å²) in [6.07, 6.45) is 5.22. The van der Waals surface area contributed by atoms with Gasteiger partial charge < -0.3 is 10.1 Å². The highest BCUT2D eigenvalue weighted by Crippen LogP contribution is 2.22. The Kier molecular flexibility index (Phi) is 8.52. The maximum atomic E-state index is 5.08. The van der Waals surface area contributed by atoms with Crippen LogP contribution >= 0.6 is 0 Å². The summed E-state index contributed by atoms with van der Waals surface area (Å²) < 4.78 is 5.08. The molecule has 0 amide bonds. The molecule has 2 heteroatoms. The Morgan fingerprint density at radius 3 is 2.79 bits per heavy atom. The lowest BCUT2D eigenvalue weighted by Crippen LogP contribution is -2.25. The first-order valence-electron chi connectivity index (χ1n) is 7.54. The predicted octanol–water partition coefficient (Wildman–Crippen LogP) is 3.89. The lowest BCUT2D eigenvalue weighted by molar-refractivity contribution is 0.198. The normalized spacial score (nSPS) is 12.6. The standard InChI is InChI=1S/C17H29NO/c1-4-5-6-9-17(14-18-11-12-19-3)16-10-7-8-15(2)13-16/h7-8,10,13,17-18H,4-6,9,11-12,14H2,1-3H3. The second-order valence-electron chi connectivity index (χ2n) is 5.30. The summed E-state index contributed by atoms with van der Waals surface area (Å²) in [6, 6.07) is 8.94. The van der Waals surface area contributed by atoms with Crippen molar-refractivity contribution in [1.29, 1.82) is 0 Å². The number of methoxy groups -OCH3 is 1. The SMILES string of the molecule is CCCCCC(CNCCOC)c1cccc(C)c1. The molecular formula is C17H29NO. The minimum absolute atomic E-state index is 0.628. The molecule has 0 saturated carbocycles. The summed E-state index contributed by atoms with van der Waals surface area (Å²) >= 11 is 0. The van der Waals surface area contributed by atoms with Gasteiger partial charge in [-0.3, -0.25) is 0 Å². The minimum atomic E-state index is 0.628. The van der Waals surface area contributed by atoms with E-state index in [1.807, 2.05) is 0 Å². The van der Waals surface area contributed by atoms with Crippen LogP contribution in [0.4, 0.5) is 0 Å². The van der Waals surface area contributed by atoms with Crippen molar-refractivity contribution in [3.8, 4) is 0 Å². The maximum absolute atomic E-state index is 5.08. The molecule has 0 aromatic heterocycles. The van der Waals surface area contributed by atoms with Crippen LogP contribution in [0.5, 0.6) is 0 Å². The number of hydrogen-bond donors (Lipinski definition) is 1. The molecule has 0 aliphatic heterocycles. The molecule has 0 spiro atoms. The van der Waals surface area contributed by atoms with Crippen molar-refractivity contribution in [2.45, 2.75) is 45.4 Å². The molecule has 0 radical (unpaired) electrons. The molecule has 2 nitrogen and oxygen atoms in total. The zero-order valence-corrected chi connectivity index (χ0v) is 12.7. The molecule has 1 aromatic carbocycles. The highest BCUT2D eigenvalue weighted by molar-refractivity contribution is 5.25. The fourth-order valence-electron chi connectivity index (χ4n) is 2.40. The van der Waals surface area contributed by atoms with Gasteiger partial charge in [-0.2, -0.15) is 0 Å². The summed E-state index contributed by atoms with van der Waals surface area (Å²) in [5.74, 6) is 0.628. The van der Waals surface area contributed by atoms with E-state index in [1.165, 1.54) is 36.8 Å². The van der Waals surface area contributed by atoms with Gasteiger partial charge in [-0.1, -0.05) is 56.0 Å². The minimum Gasteiger partial charge on any atom is -0.383 e. The van der Waals surface area contributed by atoms with Gasteiger partial charge in [-0.05, 0) is 24.8 Å². The number of hydrogen-bond acceptors (Lipinski definition) is 2. The summed E-state index contributed by atoms with van der Waals surface area (Å²) in [6.45, 7) is 7.21. The summed E-state index contributed by atoms with van der Waals surface area (Å²) in [4.78, 5) is 0. The molecule has 0 bridgehead atoms. The van der Waals surface area contributed by atoms with E-state index in [9.17, 15) is 0 Å². The van der Waals surface area contributed by atoms with Crippen molar-refractivity contribution in [1.82, 2.24) is 5.32 Å². The Morgan fingerprint density at radius 2 is 2.11 bits per heavy atom. The molecule has 1 aromatic rings. The van der Waals surface area contributed by atoms with Gasteiger partial charge in [0.05, 0.1) is 6.61 Å². The van der Waals surface area contributed by atoms with Gasteiger partial charge in [0.1, 0.15) is 0 Å². The van der Waals surface area contributed by atoms with Crippen molar-refractivity contribution in [2.24, 2.45) is 0 Å². The molecule has 19 heavy (non-hydrogen) atoms. The zero-order valence-electron chi connectivity index (χ0n) is 12.7. The van der Waals surface area contributed by atoms with E-state index in [0.717, 1.165) is 19.7 Å². The average Bonchev–Trinajstić information content (AvgIpc) is 2.41. The molecule has 1 N–H and O–H groups in total. The molecule has 0 saturated heterocycles. The lowest BCUT2D eigenvalue weighted by atomic mass is 9.92. The van der Waals surface area contributed by atoms with E-state index in [4.69, 9.17) is 4.74 Å². The van der Waals surface area contributed by atoms with Crippen LogP contribution in [0, 0.1) is 6.92 Å². The van der Waals surface area contributed by atoms with Crippen molar-refractivity contribution >= 4 is 0 Å². The Bertz CT molecular complexity index is 338. The van der Waals surface area contributed by atoms with Crippen LogP contribution in [0.1, 0.15) is 49.7 Å². The van der Waals surface area contributed by atoms with Crippen LogP contribution in [-0.4, -0.2) is 26.8 Å². The second-order valence-corrected chi connectivity index (χ2v) is 5.30. The smallest absolute Gasteiger partial charge is 0.0587 e. The quantitative estimate of drug-likeness (QED) is 0.647. The Labute approximate surface area is 118 Å². The number of rotatable bonds is 10. The molecular weight excluding hydrogens is 234 g/mol. The topological polar surface area (TPSA) is 21.3 Å². The molecule has 0 heterocycles. The van der Waals surface area contributed by atoms with Crippen LogP contribution in [0.2, 0.25) is 0 Å². The lowest BCUT2D eigenvalue weighted by Gasteiger charge is -2.18. The number of ether oxygens (including phenoxy) is 1. The number of benzene rings is 1. The van der Waals surface area contributed by atoms with Crippen LogP contribution in [0.3, 0.4) is 0 Å². The van der Waals surface area contributed by atoms with E-state index in [2.05, 4.69) is 43.4 Å². The van der Waals surface area contributed by atoms with Crippen molar-refractivity contribution in [3.63, 3.8) is 0 Å². The van der Waals surface area contributed by atoms with E-state index in [0.29, 0.717) is 5.92 Å². The predicted molar refractivity (Wildman–Crippen MR) is 82.8 cm³/mol. The van der Waals surface area contributed by atoms with Crippen molar-refractivity contribution in [2.75, 3.05) is 26.8 Å². The third-order valence-electron chi connectivity index (χ3n) is 3.54. The largest absolute Gasteiger partial charge is 0.383 e. The van der Waals surface area contributed by atoms with Gasteiger partial charge in [0.2, 0.25) is 0 Å². The first-order chi connectivity index (χ1) is 9.27. The average molecular weight is 263 g/mol. The fraction of sp³-hybridized carbons (Fsp3) is 0.647. The molecule has 1 unspecified atom stereocenters. The molecule has 0 aliphatic carbocycles. The Balaban J connectivity index is 2.52. The van der Waals surface area contributed by atoms with Crippen LogP contribution in [-0.2, 0) is 4.74 Å². The first kappa shape index (κ1) is 16.2. The third-order valence-corrected chi connectivity index (χ3v) is 3.54. The van der Waals surface area contributed by atoms with Crippen LogP contribution in [0.15, 0.2) is 24.3 Å². The molecule has 0 fully saturated rings. The van der Waals surface area contributed by atoms with Crippen LogP contribution < -0.4 is 5.32 Å². The van der Waals surface area contributed by atoms with E-state index < -0.39 is 0 Å². The van der Waals surface area contributed by atoms with Gasteiger partial charge in [-0.15, -0.1) is 0 Å². The molecule has 0 aliphatic rings. The summed E-state index contributed by atoms with van der Waals surface area (Å²) in [5, 5.41) is 3.51. The number of aryl methyl sites for hydroxylation is 1. The highest BCUT2D eigenvalue weighted by atomic mass is 16.5. The Hall–Kier alpha value is -0.860. The number of nitrogens with one attached hydrogen (secondary N) is 1. The third kappa shape index (κ3) is 6.74. The van der Waals surface area contributed by atoms with Gasteiger partial charge in [-0.25, -0.2) is 0 Å². The van der Waals surface area contributed by atoms with Crippen LogP contribution in [0.25, 0.3) is 0 Å². The Morgan fingerprint density at radius 1 is 1.26 bits per heavy atom. The van der Waals surface area contributed by atoms with Gasteiger partial charge in [0, 0.05) is 20.2 Å². The summed E-state index contributed by atoms with van der Waals surface area (Å²) in [7, 11) is 1.75. The zero-order chi connectivity index (χ0) is 13.9. The van der Waals surface area contributed by atoms with Crippen molar-refractivity contribution < 1.29 is 4.74 Å². The fourth-order valence-corrected chi connectivity index (χ4v) is 2.40. The van der Waals surface area contributed by atoms with E-state index >= 15 is 0 Å². The highest BCUT2D eigenvalue weighted by Gasteiger charge is 2.10.